The minimum atomic E-state index is -2.44. The van der Waals surface area contributed by atoms with Gasteiger partial charge in [0.05, 0.1) is 0 Å². The van der Waals surface area contributed by atoms with Gasteiger partial charge in [-0.2, -0.15) is 0 Å². The third-order valence-electron chi connectivity index (χ3n) is 1.14. The molecule has 0 saturated carbocycles. The van der Waals surface area contributed by atoms with E-state index in [1.54, 1.807) is 0 Å². The van der Waals surface area contributed by atoms with E-state index >= 15 is 0 Å². The fourth-order valence-electron chi connectivity index (χ4n) is 0.434. The Labute approximate surface area is 125 Å². The van der Waals surface area contributed by atoms with Crippen molar-refractivity contribution < 1.29 is 90.0 Å². The Balaban J connectivity index is -0.000000500. The minimum Gasteiger partial charge on any atom is -0.539 e. The van der Waals surface area contributed by atoms with Crippen LogP contribution in [0.5, 0.6) is 0 Å². The van der Waals surface area contributed by atoms with Crippen LogP contribution in [-0.4, -0.2) is 40.8 Å². The molecular formula is C6H6O5Y2-2. The number of aldehydes is 1. The number of hydrogen-bond acceptors (Lipinski definition) is 5. The maximum Gasteiger partial charge on any atom is 0.120 e. The molecule has 13 heavy (non-hydrogen) atoms. The van der Waals surface area contributed by atoms with Crippen molar-refractivity contribution in [2.24, 2.45) is 0 Å². The molecule has 0 heterocycles. The zero-order valence-corrected chi connectivity index (χ0v) is 12.3. The second-order valence-corrected chi connectivity index (χ2v) is 1.92. The molecule has 0 aliphatic carbocycles. The molecule has 0 spiro atoms. The first-order valence-electron chi connectivity index (χ1n) is 2.71. The molecule has 2 unspecified atom stereocenters. The minimum absolute atomic E-state index is 0. The van der Waals surface area contributed by atoms with Crippen LogP contribution in [0.3, 0.4) is 0 Å². The standard InChI is InChI=1S/C6H6O5.2Y/c7-2-1-6(11,4-9)5(10)3-8;;/h2,5,10-11H,1H2;;/q-2;;. The van der Waals surface area contributed by atoms with Crippen molar-refractivity contribution in [3.05, 3.63) is 0 Å². The van der Waals surface area contributed by atoms with Crippen molar-refractivity contribution in [2.75, 3.05) is 0 Å². The summed E-state index contributed by atoms with van der Waals surface area (Å²) in [6.07, 6.45) is -0.530. The maximum absolute atomic E-state index is 9.94. The second-order valence-electron chi connectivity index (χ2n) is 1.92. The third kappa shape index (κ3) is 6.26. The molecule has 7 heteroatoms. The molecule has 0 aliphatic heterocycles. The predicted octanol–water partition coefficient (Wildman–Crippen LogP) is -2.12. The first-order chi connectivity index (χ1) is 5.10. The summed E-state index contributed by atoms with van der Waals surface area (Å²) < 4.78 is 0. The number of aliphatic hydroxyl groups excluding tert-OH is 1. The number of rotatable bonds is 5. The van der Waals surface area contributed by atoms with Crippen LogP contribution in [0.25, 0.3) is 0 Å². The van der Waals surface area contributed by atoms with Crippen molar-refractivity contribution in [1.82, 2.24) is 0 Å². The van der Waals surface area contributed by atoms with Gasteiger partial charge in [0.15, 0.2) is 0 Å². The second kappa shape index (κ2) is 9.68. The summed E-state index contributed by atoms with van der Waals surface area (Å²) in [5.41, 5.74) is -2.44. The third-order valence-corrected chi connectivity index (χ3v) is 1.14. The summed E-state index contributed by atoms with van der Waals surface area (Å²) >= 11 is 0. The van der Waals surface area contributed by atoms with Crippen molar-refractivity contribution in [3.63, 3.8) is 0 Å². The van der Waals surface area contributed by atoms with E-state index in [0.717, 1.165) is 12.6 Å². The molecule has 68 valence electrons. The molecule has 0 fully saturated rings. The Morgan fingerprint density at radius 3 is 2.08 bits per heavy atom. The SMILES string of the molecule is O=[C-]C(O)C(O)([C-]=O)CC=O.[Y].[Y]. The molecule has 2 radical (unpaired) electrons. The zero-order valence-electron chi connectivity index (χ0n) is 6.64. The van der Waals surface area contributed by atoms with Crippen LogP contribution in [0.4, 0.5) is 0 Å². The van der Waals surface area contributed by atoms with E-state index in [-0.39, 0.29) is 71.7 Å². The summed E-state index contributed by atoms with van der Waals surface area (Å²) in [7, 11) is 0. The summed E-state index contributed by atoms with van der Waals surface area (Å²) in [6, 6.07) is 0. The van der Waals surface area contributed by atoms with E-state index in [1.807, 2.05) is 0 Å². The molecule has 2 N–H and O–H groups in total. The fourth-order valence-corrected chi connectivity index (χ4v) is 0.434. The number of carbonyl (C=O) groups is 1. The van der Waals surface area contributed by atoms with Gasteiger partial charge in [0.25, 0.3) is 0 Å². The van der Waals surface area contributed by atoms with Crippen molar-refractivity contribution in [2.45, 2.75) is 18.1 Å². The molecule has 0 bridgehead atoms. The van der Waals surface area contributed by atoms with Crippen molar-refractivity contribution >= 4 is 18.9 Å². The number of aliphatic hydroxyl groups is 2. The van der Waals surface area contributed by atoms with Gasteiger partial charge in [-0.1, -0.05) is 0 Å². The average molecular weight is 336 g/mol. The van der Waals surface area contributed by atoms with E-state index in [9.17, 15) is 14.4 Å². The van der Waals surface area contributed by atoms with E-state index in [4.69, 9.17) is 10.2 Å². The summed E-state index contributed by atoms with van der Waals surface area (Å²) in [5, 5.41) is 17.5. The van der Waals surface area contributed by atoms with Gasteiger partial charge in [0.1, 0.15) is 6.29 Å². The van der Waals surface area contributed by atoms with Crippen LogP contribution >= 0.6 is 0 Å². The van der Waals surface area contributed by atoms with E-state index in [2.05, 4.69) is 0 Å². The number of carbonyl (C=O) groups excluding carboxylic acids is 3. The van der Waals surface area contributed by atoms with Gasteiger partial charge in [-0.05, 0) is 11.7 Å². The molecule has 0 aromatic heterocycles. The predicted molar refractivity (Wildman–Crippen MR) is 33.0 cm³/mol. The molecule has 0 amide bonds. The number of hydrogen-bond donors (Lipinski definition) is 2. The first kappa shape index (κ1) is 19.7. The molecule has 0 aliphatic rings. The summed E-state index contributed by atoms with van der Waals surface area (Å²) in [6.45, 7) is 0. The van der Waals surface area contributed by atoms with E-state index in [0.29, 0.717) is 0 Å². The van der Waals surface area contributed by atoms with Crippen LogP contribution in [0, 0.1) is 0 Å². The average Bonchev–Trinajstić information content (AvgIpc) is 2.03. The Morgan fingerprint density at radius 2 is 1.85 bits per heavy atom. The smallest absolute Gasteiger partial charge is 0.120 e. The van der Waals surface area contributed by atoms with Crippen molar-refractivity contribution in [1.29, 1.82) is 0 Å². The van der Waals surface area contributed by atoms with Crippen LogP contribution in [0.15, 0.2) is 0 Å². The van der Waals surface area contributed by atoms with Crippen molar-refractivity contribution in [3.8, 4) is 0 Å². The molecule has 0 aromatic carbocycles. The quantitative estimate of drug-likeness (QED) is 0.443. The molecule has 0 saturated heterocycles. The van der Waals surface area contributed by atoms with Gasteiger partial charge in [-0.15, -0.1) is 0 Å². The van der Waals surface area contributed by atoms with Gasteiger partial charge in [-0.3, -0.25) is 0 Å². The first-order valence-corrected chi connectivity index (χ1v) is 2.71. The normalized spacial score (nSPS) is 15.2. The Bertz CT molecular complexity index is 174. The Morgan fingerprint density at radius 1 is 1.38 bits per heavy atom. The van der Waals surface area contributed by atoms with Gasteiger partial charge in [-0.25, -0.2) is 12.6 Å². The zero-order chi connectivity index (χ0) is 8.91. The largest absolute Gasteiger partial charge is 0.539 e. The maximum atomic E-state index is 9.94. The van der Waals surface area contributed by atoms with Gasteiger partial charge in [0.2, 0.25) is 0 Å². The Hall–Kier alpha value is 1.14. The van der Waals surface area contributed by atoms with E-state index in [1.165, 1.54) is 0 Å². The Kier molecular flexibility index (Phi) is 14.7. The van der Waals surface area contributed by atoms with E-state index < -0.39 is 18.1 Å². The molecule has 5 nitrogen and oxygen atoms in total. The topological polar surface area (TPSA) is 91.7 Å². The van der Waals surface area contributed by atoms with Crippen LogP contribution < -0.4 is 0 Å². The molecular weight excluding hydrogens is 330 g/mol. The molecule has 2 atom stereocenters. The molecule has 0 aromatic rings. The monoisotopic (exact) mass is 336 g/mol. The van der Waals surface area contributed by atoms with Gasteiger partial charge < -0.3 is 24.6 Å². The van der Waals surface area contributed by atoms with Crippen LogP contribution in [0.1, 0.15) is 6.42 Å². The summed E-state index contributed by atoms with van der Waals surface area (Å²) in [5.74, 6) is 0. The molecule has 0 rings (SSSR count). The van der Waals surface area contributed by atoms with Gasteiger partial charge in [0, 0.05) is 71.8 Å². The summed E-state index contributed by atoms with van der Waals surface area (Å²) in [4.78, 5) is 29.5. The fraction of sp³-hybridized carbons (Fsp3) is 0.500. The van der Waals surface area contributed by atoms with Gasteiger partial charge >= 0.3 is 0 Å². The van der Waals surface area contributed by atoms with Crippen LogP contribution in [0.2, 0.25) is 0 Å². The van der Waals surface area contributed by atoms with Crippen LogP contribution in [-0.2, 0) is 79.8 Å².